The van der Waals surface area contributed by atoms with Crippen molar-refractivity contribution in [1.29, 1.82) is 0 Å². The van der Waals surface area contributed by atoms with Gasteiger partial charge in [0.2, 0.25) is 0 Å². The number of halogens is 3. The van der Waals surface area contributed by atoms with Gasteiger partial charge in [-0.05, 0) is 67.4 Å². The number of benzene rings is 2. The van der Waals surface area contributed by atoms with Crippen LogP contribution in [-0.2, 0) is 0 Å². The molecular formula is C28H22ClF2N3O3S. The van der Waals surface area contributed by atoms with Crippen molar-refractivity contribution in [2.45, 2.75) is 38.0 Å². The highest BCUT2D eigenvalue weighted by atomic mass is 35.5. The first-order valence-corrected chi connectivity index (χ1v) is 13.8. The van der Waals surface area contributed by atoms with E-state index in [0.29, 0.717) is 26.5 Å². The average molecular weight is 554 g/mol. The SMILES string of the molecule is O=C(O)c1cc(F)c2nc(N3CCC4(C=C(c5c(-c6c(F)cccc6Cl)noc5C5CC5)C4)CC3)sc2c1. The van der Waals surface area contributed by atoms with Crippen LogP contribution in [0.15, 0.2) is 40.9 Å². The second-order valence-corrected chi connectivity index (χ2v) is 11.9. The minimum atomic E-state index is -1.16. The molecule has 6 nitrogen and oxygen atoms in total. The third-order valence-corrected chi connectivity index (χ3v) is 9.30. The van der Waals surface area contributed by atoms with Gasteiger partial charge in [-0.25, -0.2) is 18.6 Å². The summed E-state index contributed by atoms with van der Waals surface area (Å²) in [5.41, 5.74) is 2.93. The molecule has 1 spiro atoms. The fraction of sp³-hybridized carbons (Fsp3) is 0.321. The van der Waals surface area contributed by atoms with Crippen molar-refractivity contribution >= 4 is 49.8 Å². The molecule has 0 radical (unpaired) electrons. The second kappa shape index (κ2) is 8.61. The van der Waals surface area contributed by atoms with E-state index in [1.54, 1.807) is 12.1 Å². The van der Waals surface area contributed by atoms with Crippen LogP contribution in [0.25, 0.3) is 27.0 Å². The summed E-state index contributed by atoms with van der Waals surface area (Å²) < 4.78 is 35.5. The van der Waals surface area contributed by atoms with E-state index in [2.05, 4.69) is 21.1 Å². The topological polar surface area (TPSA) is 79.5 Å². The molecule has 1 aliphatic heterocycles. The Bertz CT molecular complexity index is 1630. The molecule has 38 heavy (non-hydrogen) atoms. The van der Waals surface area contributed by atoms with Crippen LogP contribution in [0, 0.1) is 17.0 Å². The smallest absolute Gasteiger partial charge is 0.335 e. The Morgan fingerprint density at radius 3 is 2.61 bits per heavy atom. The van der Waals surface area contributed by atoms with Crippen LogP contribution in [0.1, 0.15) is 59.7 Å². The number of aromatic carboxylic acids is 1. The van der Waals surface area contributed by atoms with Gasteiger partial charge >= 0.3 is 5.97 Å². The summed E-state index contributed by atoms with van der Waals surface area (Å²) in [6.07, 6.45) is 7.01. The number of carboxylic acids is 1. The predicted molar refractivity (Wildman–Crippen MR) is 142 cm³/mol. The van der Waals surface area contributed by atoms with Gasteiger partial charge in [0.05, 0.1) is 20.8 Å². The molecule has 4 aromatic rings. The van der Waals surface area contributed by atoms with Crippen molar-refractivity contribution in [2.24, 2.45) is 5.41 Å². The first-order valence-electron chi connectivity index (χ1n) is 12.6. The van der Waals surface area contributed by atoms with Crippen LogP contribution in [-0.4, -0.2) is 34.3 Å². The van der Waals surface area contributed by atoms with E-state index in [9.17, 15) is 18.7 Å². The number of aromatic nitrogens is 2. The molecule has 194 valence electrons. The summed E-state index contributed by atoms with van der Waals surface area (Å²) in [6.45, 7) is 1.50. The first kappa shape index (κ1) is 23.8. The van der Waals surface area contributed by atoms with Gasteiger partial charge in [0.1, 0.15) is 22.8 Å². The lowest BCUT2D eigenvalue weighted by Crippen LogP contribution is -2.42. The van der Waals surface area contributed by atoms with Crippen LogP contribution in [0.4, 0.5) is 13.9 Å². The number of carboxylic acid groups (broad SMARTS) is 1. The average Bonchev–Trinajstić information content (AvgIpc) is 3.47. The molecule has 0 amide bonds. The zero-order valence-corrected chi connectivity index (χ0v) is 21.7. The number of hydrogen-bond acceptors (Lipinski definition) is 6. The molecule has 2 aliphatic carbocycles. The Morgan fingerprint density at radius 1 is 1.16 bits per heavy atom. The number of carbonyl (C=O) groups is 1. The van der Waals surface area contributed by atoms with Crippen LogP contribution in [0.2, 0.25) is 5.02 Å². The number of piperidine rings is 1. The third-order valence-electron chi connectivity index (χ3n) is 7.92. The standard InChI is InChI=1S/C28H22ClF2N3O3S/c29-17-2-1-3-18(30)22(17)24-21(25(37-33-24)14-4-5-14)16-12-28(13-16)6-8-34(9-7-28)27-32-23-19(31)10-15(26(35)36)11-20(23)38-27/h1-3,10-12,14H,4-9,13H2,(H,35,36). The lowest BCUT2D eigenvalue weighted by atomic mass is 9.63. The minimum absolute atomic E-state index is 0.0264. The summed E-state index contributed by atoms with van der Waals surface area (Å²) in [6, 6.07) is 7.13. The van der Waals surface area contributed by atoms with Gasteiger partial charge in [0.15, 0.2) is 10.9 Å². The molecule has 3 heterocycles. The highest BCUT2D eigenvalue weighted by Gasteiger charge is 2.44. The van der Waals surface area contributed by atoms with Gasteiger partial charge in [-0.2, -0.15) is 0 Å². The highest BCUT2D eigenvalue weighted by molar-refractivity contribution is 7.22. The largest absolute Gasteiger partial charge is 0.478 e. The number of anilines is 1. The molecule has 1 saturated heterocycles. The number of thiazole rings is 1. The summed E-state index contributed by atoms with van der Waals surface area (Å²) in [5, 5.41) is 14.5. The summed E-state index contributed by atoms with van der Waals surface area (Å²) in [5.74, 6) is -1.05. The third kappa shape index (κ3) is 3.82. The van der Waals surface area contributed by atoms with E-state index in [1.807, 2.05) is 0 Å². The molecule has 2 fully saturated rings. The van der Waals surface area contributed by atoms with E-state index >= 15 is 0 Å². The maximum Gasteiger partial charge on any atom is 0.335 e. The lowest BCUT2D eigenvalue weighted by Gasteiger charge is -2.46. The molecule has 2 aromatic carbocycles. The van der Waals surface area contributed by atoms with Crippen molar-refractivity contribution in [3.63, 3.8) is 0 Å². The van der Waals surface area contributed by atoms with E-state index in [-0.39, 0.29) is 22.1 Å². The van der Waals surface area contributed by atoms with Crippen molar-refractivity contribution < 1.29 is 23.2 Å². The molecule has 2 aromatic heterocycles. The molecule has 0 unspecified atom stereocenters. The van der Waals surface area contributed by atoms with E-state index in [4.69, 9.17) is 16.1 Å². The predicted octanol–water partition coefficient (Wildman–Crippen LogP) is 7.53. The summed E-state index contributed by atoms with van der Waals surface area (Å²) in [7, 11) is 0. The fourth-order valence-electron chi connectivity index (χ4n) is 5.71. The zero-order chi connectivity index (χ0) is 26.2. The van der Waals surface area contributed by atoms with Gasteiger partial charge in [0.25, 0.3) is 0 Å². The van der Waals surface area contributed by atoms with Crippen LogP contribution < -0.4 is 4.90 Å². The quantitative estimate of drug-likeness (QED) is 0.275. The molecule has 7 rings (SSSR count). The fourth-order valence-corrected chi connectivity index (χ4v) is 7.04. The summed E-state index contributed by atoms with van der Waals surface area (Å²) >= 11 is 7.70. The Kier molecular flexibility index (Phi) is 5.39. The van der Waals surface area contributed by atoms with Crippen molar-refractivity contribution in [2.75, 3.05) is 18.0 Å². The van der Waals surface area contributed by atoms with Gasteiger partial charge in [0, 0.05) is 24.6 Å². The van der Waals surface area contributed by atoms with Crippen molar-refractivity contribution in [3.05, 3.63) is 70.0 Å². The molecule has 3 aliphatic rings. The maximum absolute atomic E-state index is 14.8. The zero-order valence-electron chi connectivity index (χ0n) is 20.1. The highest BCUT2D eigenvalue weighted by Crippen LogP contribution is 2.56. The van der Waals surface area contributed by atoms with E-state index < -0.39 is 17.6 Å². The second-order valence-electron chi connectivity index (χ2n) is 10.4. The Hall–Kier alpha value is -3.30. The monoisotopic (exact) mass is 553 g/mol. The van der Waals surface area contributed by atoms with E-state index in [0.717, 1.165) is 68.2 Å². The molecule has 0 bridgehead atoms. The molecule has 10 heteroatoms. The van der Waals surface area contributed by atoms with Crippen molar-refractivity contribution in [3.8, 4) is 11.3 Å². The Morgan fingerprint density at radius 2 is 1.92 bits per heavy atom. The molecular weight excluding hydrogens is 532 g/mol. The molecule has 0 atom stereocenters. The van der Waals surface area contributed by atoms with Gasteiger partial charge in [-0.15, -0.1) is 0 Å². The van der Waals surface area contributed by atoms with Crippen LogP contribution >= 0.6 is 22.9 Å². The number of allylic oxidation sites excluding steroid dienone is 2. The van der Waals surface area contributed by atoms with Crippen LogP contribution in [0.3, 0.4) is 0 Å². The van der Waals surface area contributed by atoms with Crippen LogP contribution in [0.5, 0.6) is 0 Å². The first-order chi connectivity index (χ1) is 18.3. The van der Waals surface area contributed by atoms with E-state index in [1.165, 1.54) is 23.5 Å². The molecule has 1 N–H and O–H groups in total. The number of fused-ring (bicyclic) bond motifs is 1. The number of rotatable bonds is 5. The molecule has 1 saturated carbocycles. The van der Waals surface area contributed by atoms with Gasteiger partial charge < -0.3 is 14.5 Å². The number of nitrogens with zero attached hydrogens (tertiary/aromatic N) is 3. The van der Waals surface area contributed by atoms with Crippen molar-refractivity contribution in [1.82, 2.24) is 10.1 Å². The lowest BCUT2D eigenvalue weighted by molar-refractivity contribution is 0.0696. The number of hydrogen-bond donors (Lipinski definition) is 1. The maximum atomic E-state index is 14.8. The summed E-state index contributed by atoms with van der Waals surface area (Å²) in [4.78, 5) is 17.9. The Labute approximate surface area is 225 Å². The van der Waals surface area contributed by atoms with Gasteiger partial charge in [-0.3, -0.25) is 0 Å². The Balaban J connectivity index is 1.14. The van der Waals surface area contributed by atoms with Gasteiger partial charge in [-0.1, -0.05) is 40.2 Å². The normalized spacial score (nSPS) is 18.6. The minimum Gasteiger partial charge on any atom is -0.478 e.